The van der Waals surface area contributed by atoms with Crippen molar-refractivity contribution >= 4 is 18.0 Å². The van der Waals surface area contributed by atoms with Crippen LogP contribution >= 0.6 is 0 Å². The monoisotopic (exact) mass is 504 g/mol. The van der Waals surface area contributed by atoms with Crippen molar-refractivity contribution in [2.24, 2.45) is 5.92 Å². The fourth-order valence-corrected chi connectivity index (χ4v) is 4.13. The van der Waals surface area contributed by atoms with E-state index in [1.165, 1.54) is 12.1 Å². The minimum Gasteiger partial charge on any atom is -0.461 e. The topological polar surface area (TPSA) is 72.8 Å². The highest BCUT2D eigenvalue weighted by atomic mass is 19.4. The predicted molar refractivity (Wildman–Crippen MR) is 130 cm³/mol. The summed E-state index contributed by atoms with van der Waals surface area (Å²) in [6.45, 7) is 3.26. The van der Waals surface area contributed by atoms with Gasteiger partial charge in [-0.3, -0.25) is 4.79 Å². The number of hydrogen-bond donors (Lipinski definition) is 1. The normalized spacial score (nSPS) is 19.8. The Kier molecular flexibility index (Phi) is 8.95. The molecule has 0 radical (unpaired) electrons. The molecule has 1 aliphatic rings. The van der Waals surface area contributed by atoms with Gasteiger partial charge in [0.25, 0.3) is 0 Å². The predicted octanol–water partition coefficient (Wildman–Crippen LogP) is 6.19. The summed E-state index contributed by atoms with van der Waals surface area (Å²) >= 11 is 0. The number of alkyl halides is 3. The zero-order valence-electron chi connectivity index (χ0n) is 20.4. The largest absolute Gasteiger partial charge is 0.461 e. The first-order valence-electron chi connectivity index (χ1n) is 12.1. The maximum Gasteiger partial charge on any atom is 0.416 e. The Bertz CT molecular complexity index is 1070. The molecule has 0 bridgehead atoms. The third kappa shape index (κ3) is 6.75. The molecular weight excluding hydrogens is 473 g/mol. The van der Waals surface area contributed by atoms with Crippen LogP contribution < -0.4 is 0 Å². The van der Waals surface area contributed by atoms with E-state index in [1.807, 2.05) is 13.8 Å². The number of cyclic esters (lactones) is 1. The van der Waals surface area contributed by atoms with Crippen LogP contribution in [0.4, 0.5) is 13.2 Å². The van der Waals surface area contributed by atoms with E-state index < -0.39 is 29.9 Å². The molecule has 36 heavy (non-hydrogen) atoms. The molecule has 1 saturated heterocycles. The lowest BCUT2D eigenvalue weighted by atomic mass is 9.96. The third-order valence-electron chi connectivity index (χ3n) is 6.38. The Morgan fingerprint density at radius 2 is 1.72 bits per heavy atom. The fraction of sp³-hybridized carbons (Fsp3) is 0.429. The zero-order valence-corrected chi connectivity index (χ0v) is 20.4. The number of halogens is 3. The minimum absolute atomic E-state index is 0.0853. The maximum absolute atomic E-state index is 12.8. The van der Waals surface area contributed by atoms with Crippen LogP contribution in [0.25, 0.3) is 17.2 Å². The van der Waals surface area contributed by atoms with Crippen LogP contribution in [0.15, 0.2) is 54.1 Å². The lowest BCUT2D eigenvalue weighted by Crippen LogP contribution is -2.40. The van der Waals surface area contributed by atoms with Crippen LogP contribution in [0.2, 0.25) is 0 Å². The number of unbranched alkanes of at least 4 members (excludes halogenated alkanes) is 1. The molecule has 0 spiro atoms. The number of aliphatic hydroxyl groups excluding tert-OH is 1. The molecule has 2 unspecified atom stereocenters. The molecule has 1 heterocycles. The minimum atomic E-state index is -4.39. The molecule has 8 heteroatoms. The SMILES string of the molecule is CCCCC(CC)C(=O)OCC1(CO)C/C(=C/c2ccc(-c3ccc(C(F)(F)F)cc3)cc2)C(=O)O1. The summed E-state index contributed by atoms with van der Waals surface area (Å²) in [7, 11) is 0. The van der Waals surface area contributed by atoms with Gasteiger partial charge in [0.1, 0.15) is 6.61 Å². The lowest BCUT2D eigenvalue weighted by molar-refractivity contribution is -0.169. The smallest absolute Gasteiger partial charge is 0.416 e. The van der Waals surface area contributed by atoms with Crippen molar-refractivity contribution in [3.05, 3.63) is 65.2 Å². The highest BCUT2D eigenvalue weighted by Gasteiger charge is 2.45. The van der Waals surface area contributed by atoms with E-state index in [2.05, 4.69) is 0 Å². The molecule has 1 aliphatic heterocycles. The molecule has 2 atom stereocenters. The Hall–Kier alpha value is -3.13. The molecule has 194 valence electrons. The van der Waals surface area contributed by atoms with Crippen molar-refractivity contribution in [2.45, 2.75) is 57.7 Å². The standard InChI is InChI=1S/C28H31F3O5/c1-3-5-6-20(4-2)25(33)35-18-27(17-32)16-23(26(34)36-27)15-19-7-9-21(10-8-19)22-11-13-24(14-12-22)28(29,30)31/h7-15,20,32H,3-6,16-18H2,1-2H3/b23-15-. The van der Waals surface area contributed by atoms with Crippen molar-refractivity contribution in [3.63, 3.8) is 0 Å². The quantitative estimate of drug-likeness (QED) is 0.308. The third-order valence-corrected chi connectivity index (χ3v) is 6.38. The summed E-state index contributed by atoms with van der Waals surface area (Å²) in [6, 6.07) is 11.9. The van der Waals surface area contributed by atoms with Gasteiger partial charge in [-0.15, -0.1) is 0 Å². The van der Waals surface area contributed by atoms with Gasteiger partial charge in [-0.1, -0.05) is 63.1 Å². The Labute approximate surface area is 208 Å². The van der Waals surface area contributed by atoms with Crippen LogP contribution in [-0.4, -0.2) is 35.9 Å². The second kappa shape index (κ2) is 11.7. The molecular formula is C28H31F3O5. The number of hydrogen-bond acceptors (Lipinski definition) is 5. The van der Waals surface area contributed by atoms with Gasteiger partial charge in [0.2, 0.25) is 0 Å². The molecule has 2 aromatic rings. The van der Waals surface area contributed by atoms with E-state index in [-0.39, 0.29) is 24.9 Å². The van der Waals surface area contributed by atoms with Gasteiger partial charge < -0.3 is 14.6 Å². The molecule has 5 nitrogen and oxygen atoms in total. The summed E-state index contributed by atoms with van der Waals surface area (Å²) in [5.41, 5.74) is 0.353. The van der Waals surface area contributed by atoms with E-state index in [9.17, 15) is 27.9 Å². The second-order valence-corrected chi connectivity index (χ2v) is 9.13. The van der Waals surface area contributed by atoms with E-state index >= 15 is 0 Å². The fourth-order valence-electron chi connectivity index (χ4n) is 4.13. The van der Waals surface area contributed by atoms with Gasteiger partial charge in [0.05, 0.1) is 18.1 Å². The van der Waals surface area contributed by atoms with Gasteiger partial charge in [0, 0.05) is 12.0 Å². The number of ether oxygens (including phenoxy) is 2. The average Bonchev–Trinajstić information content (AvgIpc) is 3.18. The molecule has 3 rings (SSSR count). The lowest BCUT2D eigenvalue weighted by Gasteiger charge is -2.25. The summed E-state index contributed by atoms with van der Waals surface area (Å²) in [6.07, 6.45) is 0.596. The highest BCUT2D eigenvalue weighted by molar-refractivity contribution is 5.96. The summed E-state index contributed by atoms with van der Waals surface area (Å²) in [5.74, 6) is -1.17. The van der Waals surface area contributed by atoms with E-state index in [1.54, 1.807) is 30.3 Å². The summed E-state index contributed by atoms with van der Waals surface area (Å²) < 4.78 is 49.2. The number of benzene rings is 2. The van der Waals surface area contributed by atoms with Crippen molar-refractivity contribution in [1.29, 1.82) is 0 Å². The van der Waals surface area contributed by atoms with E-state index in [0.29, 0.717) is 23.1 Å². The number of carbonyl (C=O) groups excluding carboxylic acids is 2. The summed E-state index contributed by atoms with van der Waals surface area (Å²) in [5, 5.41) is 9.93. The molecule has 1 N–H and O–H groups in total. The van der Waals surface area contributed by atoms with E-state index in [0.717, 1.165) is 37.0 Å². The summed E-state index contributed by atoms with van der Waals surface area (Å²) in [4.78, 5) is 24.9. The molecule has 0 aliphatic carbocycles. The van der Waals surface area contributed by atoms with Crippen molar-refractivity contribution in [3.8, 4) is 11.1 Å². The molecule has 0 aromatic heterocycles. The van der Waals surface area contributed by atoms with Crippen LogP contribution in [0.1, 0.15) is 57.1 Å². The van der Waals surface area contributed by atoms with Gasteiger partial charge in [-0.05, 0) is 47.7 Å². The maximum atomic E-state index is 12.8. The molecule has 0 saturated carbocycles. The first-order valence-corrected chi connectivity index (χ1v) is 12.1. The second-order valence-electron chi connectivity index (χ2n) is 9.13. The Morgan fingerprint density at radius 1 is 1.11 bits per heavy atom. The number of aliphatic hydroxyl groups is 1. The highest BCUT2D eigenvalue weighted by Crippen LogP contribution is 2.34. The zero-order chi connectivity index (χ0) is 26.3. The number of rotatable bonds is 10. The Morgan fingerprint density at radius 3 is 2.25 bits per heavy atom. The number of carbonyl (C=O) groups is 2. The first-order chi connectivity index (χ1) is 17.1. The van der Waals surface area contributed by atoms with Gasteiger partial charge >= 0.3 is 18.1 Å². The van der Waals surface area contributed by atoms with E-state index in [4.69, 9.17) is 9.47 Å². The molecule has 2 aromatic carbocycles. The Balaban J connectivity index is 1.67. The first kappa shape index (κ1) is 27.5. The number of esters is 2. The van der Waals surface area contributed by atoms with Crippen LogP contribution in [0, 0.1) is 5.92 Å². The van der Waals surface area contributed by atoms with Crippen molar-refractivity contribution in [2.75, 3.05) is 13.2 Å². The van der Waals surface area contributed by atoms with Crippen LogP contribution in [0.5, 0.6) is 0 Å². The van der Waals surface area contributed by atoms with Crippen molar-refractivity contribution < 1.29 is 37.3 Å². The van der Waals surface area contributed by atoms with Crippen LogP contribution in [0.3, 0.4) is 0 Å². The van der Waals surface area contributed by atoms with Crippen LogP contribution in [-0.2, 0) is 25.2 Å². The van der Waals surface area contributed by atoms with Gasteiger partial charge in [-0.25, -0.2) is 4.79 Å². The molecule has 1 fully saturated rings. The average molecular weight is 505 g/mol. The molecule has 0 amide bonds. The van der Waals surface area contributed by atoms with Gasteiger partial charge in [-0.2, -0.15) is 13.2 Å². The van der Waals surface area contributed by atoms with Crippen molar-refractivity contribution in [1.82, 2.24) is 0 Å². The van der Waals surface area contributed by atoms with Gasteiger partial charge in [0.15, 0.2) is 5.60 Å².